The molecule has 0 radical (unpaired) electrons. The quantitative estimate of drug-likeness (QED) is 0.591. The van der Waals surface area contributed by atoms with Gasteiger partial charge >= 0.3 is 0 Å². The summed E-state index contributed by atoms with van der Waals surface area (Å²) in [7, 11) is 0. The number of carbonyl (C=O) groups is 3. The molecule has 9 heteroatoms. The van der Waals surface area contributed by atoms with Crippen LogP contribution in [0.4, 0.5) is 0 Å². The molecule has 164 valence electrons. The minimum atomic E-state index is -0.498. The number of hydrogen-bond acceptors (Lipinski definition) is 6. The number of nitrogens with zero attached hydrogens (tertiary/aromatic N) is 2. The normalized spacial score (nSPS) is 21.3. The summed E-state index contributed by atoms with van der Waals surface area (Å²) >= 11 is 7.44. The van der Waals surface area contributed by atoms with Gasteiger partial charge in [0.15, 0.2) is 5.78 Å². The van der Waals surface area contributed by atoms with E-state index in [-0.39, 0.29) is 37.2 Å². The molecule has 7 nitrogen and oxygen atoms in total. The fourth-order valence-electron chi connectivity index (χ4n) is 3.88. The third kappa shape index (κ3) is 5.75. The van der Waals surface area contributed by atoms with Crippen molar-refractivity contribution in [1.29, 1.82) is 0 Å². The largest absolute Gasteiger partial charge is 0.396 e. The second-order valence-electron chi connectivity index (χ2n) is 7.59. The van der Waals surface area contributed by atoms with Gasteiger partial charge in [-0.15, -0.1) is 11.8 Å². The van der Waals surface area contributed by atoms with Gasteiger partial charge in [-0.1, -0.05) is 23.7 Å². The Bertz CT molecular complexity index is 761. The van der Waals surface area contributed by atoms with Gasteiger partial charge in [0.25, 0.3) is 0 Å². The van der Waals surface area contributed by atoms with Crippen molar-refractivity contribution in [1.82, 2.24) is 15.1 Å². The van der Waals surface area contributed by atoms with Crippen molar-refractivity contribution in [3.63, 3.8) is 0 Å². The summed E-state index contributed by atoms with van der Waals surface area (Å²) in [5.74, 6) is 0.810. The highest BCUT2D eigenvalue weighted by atomic mass is 35.5. The number of hydrogen-bond donors (Lipinski definition) is 2. The van der Waals surface area contributed by atoms with Crippen LogP contribution in [0.5, 0.6) is 0 Å². The number of ketones is 1. The second-order valence-corrected chi connectivity index (χ2v) is 9.03. The number of Topliss-reactive ketones (excluding diaryl/α,β-unsaturated/α-hetero) is 1. The molecule has 2 atom stereocenters. The maximum absolute atomic E-state index is 13.2. The molecular formula is C21H28ClN3O4S. The summed E-state index contributed by atoms with van der Waals surface area (Å²) in [6, 6.07) is 6.47. The predicted molar refractivity (Wildman–Crippen MR) is 117 cm³/mol. The van der Waals surface area contributed by atoms with Crippen LogP contribution < -0.4 is 5.32 Å². The van der Waals surface area contributed by atoms with E-state index in [0.29, 0.717) is 42.6 Å². The fourth-order valence-corrected chi connectivity index (χ4v) is 5.20. The lowest BCUT2D eigenvalue weighted by molar-refractivity contribution is -0.145. The Labute approximate surface area is 186 Å². The molecule has 0 spiro atoms. The van der Waals surface area contributed by atoms with E-state index in [4.69, 9.17) is 16.7 Å². The Morgan fingerprint density at radius 1 is 1.17 bits per heavy atom. The third-order valence-electron chi connectivity index (χ3n) is 5.50. The van der Waals surface area contributed by atoms with Crippen molar-refractivity contribution >= 4 is 41.0 Å². The highest BCUT2D eigenvalue weighted by molar-refractivity contribution is 7.99. The van der Waals surface area contributed by atoms with Crippen LogP contribution in [0.15, 0.2) is 24.3 Å². The molecule has 0 aromatic heterocycles. The zero-order valence-corrected chi connectivity index (χ0v) is 18.5. The first-order chi connectivity index (χ1) is 14.5. The Balaban J connectivity index is 1.54. The van der Waals surface area contributed by atoms with Crippen LogP contribution in [0.3, 0.4) is 0 Å². The zero-order chi connectivity index (χ0) is 21.5. The smallest absolute Gasteiger partial charge is 0.246 e. The van der Waals surface area contributed by atoms with Crippen molar-refractivity contribution in [3.05, 3.63) is 34.9 Å². The molecule has 2 fully saturated rings. The van der Waals surface area contributed by atoms with E-state index in [2.05, 4.69) is 5.32 Å². The van der Waals surface area contributed by atoms with Crippen molar-refractivity contribution in [2.45, 2.75) is 44.3 Å². The predicted octanol–water partition coefficient (Wildman–Crippen LogP) is 1.66. The van der Waals surface area contributed by atoms with Gasteiger partial charge in [-0.25, -0.2) is 0 Å². The summed E-state index contributed by atoms with van der Waals surface area (Å²) in [4.78, 5) is 41.6. The number of carbonyl (C=O) groups excluding carboxylic acids is 3. The molecule has 1 aromatic rings. The number of thioether (sulfide) groups is 1. The molecular weight excluding hydrogens is 426 g/mol. The second kappa shape index (κ2) is 11.1. The van der Waals surface area contributed by atoms with Gasteiger partial charge in [-0.3, -0.25) is 14.4 Å². The van der Waals surface area contributed by atoms with Crippen molar-refractivity contribution < 1.29 is 19.5 Å². The molecule has 3 rings (SSSR count). The summed E-state index contributed by atoms with van der Waals surface area (Å²) in [6.07, 6.45) is 2.09. The Morgan fingerprint density at radius 3 is 2.67 bits per heavy atom. The van der Waals surface area contributed by atoms with Gasteiger partial charge in [-0.05, 0) is 37.0 Å². The molecule has 2 amide bonds. The van der Waals surface area contributed by atoms with Crippen molar-refractivity contribution in [3.8, 4) is 0 Å². The van der Waals surface area contributed by atoms with E-state index in [1.54, 1.807) is 21.6 Å². The first kappa shape index (κ1) is 23.1. The molecule has 2 N–H and O–H groups in total. The zero-order valence-electron chi connectivity index (χ0n) is 16.9. The monoisotopic (exact) mass is 453 g/mol. The van der Waals surface area contributed by atoms with Crippen LogP contribution in [0, 0.1) is 0 Å². The van der Waals surface area contributed by atoms with E-state index in [1.165, 1.54) is 0 Å². The lowest BCUT2D eigenvalue weighted by Crippen LogP contribution is -2.52. The lowest BCUT2D eigenvalue weighted by Gasteiger charge is -2.30. The van der Waals surface area contributed by atoms with E-state index in [0.717, 1.165) is 12.0 Å². The molecule has 2 aliphatic rings. The van der Waals surface area contributed by atoms with E-state index in [1.807, 2.05) is 24.3 Å². The number of rotatable bonds is 9. The lowest BCUT2D eigenvalue weighted by atomic mass is 10.1. The van der Waals surface area contributed by atoms with Gasteiger partial charge in [0.05, 0.1) is 12.4 Å². The molecule has 0 aliphatic carbocycles. The Kier molecular flexibility index (Phi) is 8.56. The highest BCUT2D eigenvalue weighted by Gasteiger charge is 2.41. The van der Waals surface area contributed by atoms with Crippen LogP contribution >= 0.6 is 23.4 Å². The van der Waals surface area contributed by atoms with Crippen LogP contribution in [-0.2, 0) is 20.9 Å². The van der Waals surface area contributed by atoms with Crippen molar-refractivity contribution in [2.75, 3.05) is 31.3 Å². The summed E-state index contributed by atoms with van der Waals surface area (Å²) in [5, 5.41) is 12.8. The fraction of sp³-hybridized carbons (Fsp3) is 0.571. The van der Waals surface area contributed by atoms with Gasteiger partial charge in [0, 0.05) is 36.9 Å². The minimum Gasteiger partial charge on any atom is -0.396 e. The molecule has 2 aliphatic heterocycles. The van der Waals surface area contributed by atoms with E-state index in [9.17, 15) is 14.4 Å². The molecule has 2 saturated heterocycles. The molecule has 0 saturated carbocycles. The SMILES string of the molecule is O=C(CCCO)C1CSCN1C(=O)C1CCCN1C(=O)CNCc1ccc(Cl)cc1. The average molecular weight is 454 g/mol. The first-order valence-corrected chi connectivity index (χ1v) is 11.8. The van der Waals surface area contributed by atoms with Gasteiger partial charge in [0.2, 0.25) is 11.8 Å². The standard InChI is InChI=1S/C21H28ClN3O4S/c22-16-7-5-15(6-8-16)11-23-12-20(28)24-9-1-3-17(24)21(29)25-14-30-13-18(25)19(27)4-2-10-26/h5-8,17-18,23,26H,1-4,9-14H2. The number of halogens is 1. The Hall–Kier alpha value is -1.61. The van der Waals surface area contributed by atoms with Gasteiger partial charge in [0.1, 0.15) is 12.1 Å². The van der Waals surface area contributed by atoms with Crippen LogP contribution in [0.25, 0.3) is 0 Å². The molecule has 30 heavy (non-hydrogen) atoms. The summed E-state index contributed by atoms with van der Waals surface area (Å²) in [6.45, 7) is 1.22. The first-order valence-electron chi connectivity index (χ1n) is 10.3. The van der Waals surface area contributed by atoms with Crippen LogP contribution in [0.1, 0.15) is 31.2 Å². The number of nitrogens with one attached hydrogen (secondary N) is 1. The van der Waals surface area contributed by atoms with Gasteiger partial charge < -0.3 is 20.2 Å². The van der Waals surface area contributed by atoms with Crippen LogP contribution in [0.2, 0.25) is 5.02 Å². The molecule has 2 unspecified atom stereocenters. The topological polar surface area (TPSA) is 90.0 Å². The third-order valence-corrected chi connectivity index (χ3v) is 6.76. The molecule has 0 bridgehead atoms. The summed E-state index contributed by atoms with van der Waals surface area (Å²) in [5.41, 5.74) is 1.03. The Morgan fingerprint density at radius 2 is 1.93 bits per heavy atom. The summed E-state index contributed by atoms with van der Waals surface area (Å²) < 4.78 is 0. The highest BCUT2D eigenvalue weighted by Crippen LogP contribution is 2.27. The molecule has 1 aromatic carbocycles. The molecule has 2 heterocycles. The average Bonchev–Trinajstić information content (AvgIpc) is 3.42. The maximum atomic E-state index is 13.2. The van der Waals surface area contributed by atoms with Crippen molar-refractivity contribution in [2.24, 2.45) is 0 Å². The number of likely N-dealkylation sites (tertiary alicyclic amines) is 1. The maximum Gasteiger partial charge on any atom is 0.246 e. The van der Waals surface area contributed by atoms with E-state index >= 15 is 0 Å². The van der Waals surface area contributed by atoms with E-state index < -0.39 is 12.1 Å². The number of benzene rings is 1. The van der Waals surface area contributed by atoms with Gasteiger partial charge in [-0.2, -0.15) is 0 Å². The van der Waals surface area contributed by atoms with Crippen LogP contribution in [-0.4, -0.2) is 75.9 Å². The number of aliphatic hydroxyl groups excluding tert-OH is 1. The minimum absolute atomic E-state index is 0.0112. The number of aliphatic hydroxyl groups is 1. The number of amides is 2.